The molecule has 2 saturated carbocycles. The second kappa shape index (κ2) is 8.68. The number of hydrogen-bond acceptors (Lipinski definition) is 5. The highest BCUT2D eigenvalue weighted by atomic mass is 16.2. The molecule has 2 aliphatic rings. The summed E-state index contributed by atoms with van der Waals surface area (Å²) in [5.74, 6) is 0.961. The number of amides is 1. The molecule has 166 valence electrons. The number of carbonyl (C=O) groups is 2. The van der Waals surface area contributed by atoms with Crippen molar-refractivity contribution in [3.63, 3.8) is 0 Å². The largest absolute Gasteiger partial charge is 0.307 e. The van der Waals surface area contributed by atoms with E-state index in [4.69, 9.17) is 0 Å². The summed E-state index contributed by atoms with van der Waals surface area (Å²) in [6.07, 6.45) is 8.09. The average molecular weight is 433 g/mol. The van der Waals surface area contributed by atoms with E-state index in [1.165, 1.54) is 0 Å². The molecular weight excluding hydrogens is 404 g/mol. The van der Waals surface area contributed by atoms with Gasteiger partial charge in [-0.2, -0.15) is 5.10 Å². The van der Waals surface area contributed by atoms with Crippen molar-refractivity contribution in [1.29, 1.82) is 0 Å². The first-order valence-electron chi connectivity index (χ1n) is 11.4. The highest BCUT2D eigenvalue weighted by molar-refractivity contribution is 5.98. The molecule has 2 atom stereocenters. The normalized spacial score (nSPS) is 20.8. The molecule has 5 rings (SSSR count). The SMILES string of the molecule is Cn1nnc(NC(=O)C2CCCCC2CC(=O)c2ccc(-c3ccn[nH]3)cc2)c1C1CC1. The van der Waals surface area contributed by atoms with Crippen LogP contribution in [0.3, 0.4) is 0 Å². The summed E-state index contributed by atoms with van der Waals surface area (Å²) in [6.45, 7) is 0. The molecule has 0 bridgehead atoms. The molecule has 32 heavy (non-hydrogen) atoms. The lowest BCUT2D eigenvalue weighted by atomic mass is 9.75. The third-order valence-electron chi connectivity index (χ3n) is 6.79. The van der Waals surface area contributed by atoms with Gasteiger partial charge in [0.25, 0.3) is 0 Å². The Morgan fingerprint density at radius 2 is 1.88 bits per heavy atom. The number of benzene rings is 1. The van der Waals surface area contributed by atoms with E-state index >= 15 is 0 Å². The molecule has 1 amide bonds. The predicted molar refractivity (Wildman–Crippen MR) is 120 cm³/mol. The summed E-state index contributed by atoms with van der Waals surface area (Å²) in [5, 5.41) is 18.2. The first-order valence-corrected chi connectivity index (χ1v) is 11.4. The second-order valence-corrected chi connectivity index (χ2v) is 9.04. The second-order valence-electron chi connectivity index (χ2n) is 9.04. The fourth-order valence-corrected chi connectivity index (χ4v) is 4.88. The number of rotatable bonds is 7. The zero-order valence-corrected chi connectivity index (χ0v) is 18.3. The van der Waals surface area contributed by atoms with Crippen molar-refractivity contribution in [3.8, 4) is 11.3 Å². The monoisotopic (exact) mass is 432 g/mol. The first-order chi connectivity index (χ1) is 15.6. The Labute approximate surface area is 186 Å². The van der Waals surface area contributed by atoms with Crippen molar-refractivity contribution >= 4 is 17.5 Å². The summed E-state index contributed by atoms with van der Waals surface area (Å²) in [5.41, 5.74) is 3.61. The maximum Gasteiger partial charge on any atom is 0.229 e. The van der Waals surface area contributed by atoms with Crippen LogP contribution < -0.4 is 5.32 Å². The van der Waals surface area contributed by atoms with Gasteiger partial charge in [0.15, 0.2) is 11.6 Å². The number of aromatic amines is 1. The van der Waals surface area contributed by atoms with E-state index in [1.807, 2.05) is 37.4 Å². The first kappa shape index (κ1) is 20.6. The van der Waals surface area contributed by atoms with Gasteiger partial charge >= 0.3 is 0 Å². The maximum atomic E-state index is 13.2. The molecule has 2 unspecified atom stereocenters. The molecule has 0 saturated heterocycles. The number of nitrogens with zero attached hydrogens (tertiary/aromatic N) is 4. The van der Waals surface area contributed by atoms with Crippen molar-refractivity contribution in [1.82, 2.24) is 25.2 Å². The Hall–Kier alpha value is -3.29. The van der Waals surface area contributed by atoms with E-state index in [0.717, 1.165) is 55.5 Å². The van der Waals surface area contributed by atoms with Gasteiger partial charge in [-0.05, 0) is 43.2 Å². The van der Waals surface area contributed by atoms with E-state index in [1.54, 1.807) is 10.9 Å². The number of hydrogen-bond donors (Lipinski definition) is 2. The fourth-order valence-electron chi connectivity index (χ4n) is 4.88. The Morgan fingerprint density at radius 1 is 1.09 bits per heavy atom. The lowest BCUT2D eigenvalue weighted by Crippen LogP contribution is -2.33. The molecule has 8 heteroatoms. The van der Waals surface area contributed by atoms with Gasteiger partial charge in [-0.25, -0.2) is 4.68 Å². The Morgan fingerprint density at radius 3 is 2.59 bits per heavy atom. The van der Waals surface area contributed by atoms with Gasteiger partial charge in [0, 0.05) is 37.1 Å². The number of ketones is 1. The minimum absolute atomic E-state index is 0.0282. The summed E-state index contributed by atoms with van der Waals surface area (Å²) in [6, 6.07) is 9.47. The van der Waals surface area contributed by atoms with Gasteiger partial charge in [-0.15, -0.1) is 5.10 Å². The molecule has 0 radical (unpaired) electrons. The minimum atomic E-state index is -0.175. The van der Waals surface area contributed by atoms with Crippen molar-refractivity contribution < 1.29 is 9.59 Å². The van der Waals surface area contributed by atoms with Crippen LogP contribution >= 0.6 is 0 Å². The minimum Gasteiger partial charge on any atom is -0.307 e. The van der Waals surface area contributed by atoms with Gasteiger partial charge in [0.05, 0.1) is 11.4 Å². The molecule has 1 aromatic carbocycles. The zero-order chi connectivity index (χ0) is 22.1. The van der Waals surface area contributed by atoms with Crippen LogP contribution in [0.4, 0.5) is 5.82 Å². The summed E-state index contributed by atoms with van der Waals surface area (Å²) in [7, 11) is 1.87. The summed E-state index contributed by atoms with van der Waals surface area (Å²) in [4.78, 5) is 26.2. The quantitative estimate of drug-likeness (QED) is 0.547. The molecule has 8 nitrogen and oxygen atoms in total. The van der Waals surface area contributed by atoms with E-state index < -0.39 is 0 Å². The van der Waals surface area contributed by atoms with Crippen LogP contribution in [0.1, 0.15) is 66.9 Å². The Balaban J connectivity index is 1.26. The number of anilines is 1. The number of carbonyl (C=O) groups excluding carboxylic acids is 2. The lowest BCUT2D eigenvalue weighted by molar-refractivity contribution is -0.122. The molecule has 2 N–H and O–H groups in total. The van der Waals surface area contributed by atoms with Crippen LogP contribution in [0.15, 0.2) is 36.5 Å². The molecule has 2 aromatic heterocycles. The third kappa shape index (κ3) is 4.22. The van der Waals surface area contributed by atoms with E-state index in [-0.39, 0.29) is 23.5 Å². The van der Waals surface area contributed by atoms with Crippen molar-refractivity contribution in [2.45, 2.75) is 50.9 Å². The van der Waals surface area contributed by atoms with Gasteiger partial charge in [-0.3, -0.25) is 14.7 Å². The van der Waals surface area contributed by atoms with Crippen LogP contribution in [0.5, 0.6) is 0 Å². The lowest BCUT2D eigenvalue weighted by Gasteiger charge is -2.30. The number of H-pyrrole nitrogens is 1. The highest BCUT2D eigenvalue weighted by Gasteiger charge is 2.35. The molecule has 3 aromatic rings. The standard InChI is InChI=1S/C24H28N6O2/c1-30-22(17-10-11-17)23(28-29-30)26-24(32)19-5-3-2-4-18(19)14-21(31)16-8-6-15(7-9-16)20-12-13-25-27-20/h6-9,12-13,17-19H,2-5,10-11,14H2,1H3,(H,25,27)(H,26,32). The maximum absolute atomic E-state index is 13.2. The van der Waals surface area contributed by atoms with E-state index in [2.05, 4.69) is 25.8 Å². The number of Topliss-reactive ketones (excluding diaryl/α,β-unsaturated/α-hetero) is 1. The number of aryl methyl sites for hydroxylation is 1. The topological polar surface area (TPSA) is 106 Å². The molecule has 2 aliphatic carbocycles. The van der Waals surface area contributed by atoms with Gasteiger partial charge in [-0.1, -0.05) is 42.3 Å². The van der Waals surface area contributed by atoms with Gasteiger partial charge < -0.3 is 5.32 Å². The number of nitrogens with one attached hydrogen (secondary N) is 2. The van der Waals surface area contributed by atoms with Crippen molar-refractivity contribution in [3.05, 3.63) is 47.8 Å². The van der Waals surface area contributed by atoms with E-state index in [9.17, 15) is 9.59 Å². The smallest absolute Gasteiger partial charge is 0.229 e. The molecular formula is C24H28N6O2. The highest BCUT2D eigenvalue weighted by Crippen LogP contribution is 2.43. The summed E-state index contributed by atoms with van der Waals surface area (Å²) < 4.78 is 1.77. The molecule has 2 heterocycles. The van der Waals surface area contributed by atoms with Crippen LogP contribution in [-0.4, -0.2) is 36.9 Å². The Bertz CT molecular complexity index is 1100. The van der Waals surface area contributed by atoms with Crippen LogP contribution in [0.25, 0.3) is 11.3 Å². The zero-order valence-electron chi connectivity index (χ0n) is 18.3. The van der Waals surface area contributed by atoms with Crippen LogP contribution in [0.2, 0.25) is 0 Å². The third-order valence-corrected chi connectivity index (χ3v) is 6.79. The predicted octanol–water partition coefficient (Wildman–Crippen LogP) is 4.10. The van der Waals surface area contributed by atoms with Crippen LogP contribution in [-0.2, 0) is 11.8 Å². The van der Waals surface area contributed by atoms with Crippen LogP contribution in [0, 0.1) is 11.8 Å². The number of aromatic nitrogens is 5. The van der Waals surface area contributed by atoms with Crippen molar-refractivity contribution in [2.24, 2.45) is 18.9 Å². The fraction of sp³-hybridized carbons (Fsp3) is 0.458. The Kier molecular flexibility index (Phi) is 5.59. The molecule has 0 spiro atoms. The van der Waals surface area contributed by atoms with Crippen molar-refractivity contribution in [2.75, 3.05) is 5.32 Å². The molecule has 2 fully saturated rings. The van der Waals surface area contributed by atoms with Gasteiger partial charge in [0.1, 0.15) is 0 Å². The molecule has 0 aliphatic heterocycles. The van der Waals surface area contributed by atoms with Gasteiger partial charge in [0.2, 0.25) is 5.91 Å². The average Bonchev–Trinajstić information content (AvgIpc) is 3.35. The summed E-state index contributed by atoms with van der Waals surface area (Å²) >= 11 is 0. The van der Waals surface area contributed by atoms with E-state index in [0.29, 0.717) is 23.7 Å².